The second-order valence-corrected chi connectivity index (χ2v) is 11.5. The summed E-state index contributed by atoms with van der Waals surface area (Å²) < 4.78 is 73.0. The lowest BCUT2D eigenvalue weighted by molar-refractivity contribution is -0.137. The van der Waals surface area contributed by atoms with Crippen LogP contribution < -0.4 is 0 Å². The highest BCUT2D eigenvalue weighted by Gasteiger charge is 2.44. The third-order valence-electron chi connectivity index (χ3n) is 6.93. The fourth-order valence-corrected chi connectivity index (χ4v) is 5.44. The van der Waals surface area contributed by atoms with E-state index >= 15 is 0 Å². The van der Waals surface area contributed by atoms with Gasteiger partial charge in [0, 0.05) is 23.7 Å². The second kappa shape index (κ2) is 9.98. The van der Waals surface area contributed by atoms with Gasteiger partial charge in [-0.2, -0.15) is 13.2 Å². The van der Waals surface area contributed by atoms with Crippen LogP contribution in [0.4, 0.5) is 13.2 Å². The Morgan fingerprint density at radius 2 is 1.67 bits per heavy atom. The van der Waals surface area contributed by atoms with Crippen LogP contribution in [0.5, 0.6) is 0 Å². The van der Waals surface area contributed by atoms with Gasteiger partial charge in [-0.25, -0.2) is 20.0 Å². The Bertz CT molecular complexity index is 1660. The van der Waals surface area contributed by atoms with Gasteiger partial charge >= 0.3 is 6.18 Å². The average Bonchev–Trinajstić information content (AvgIpc) is 3.39. The molecular formula is C29H24F3N3O3S. The van der Waals surface area contributed by atoms with Gasteiger partial charge in [0.15, 0.2) is 9.84 Å². The minimum absolute atomic E-state index is 0.0827. The highest BCUT2D eigenvalue weighted by molar-refractivity contribution is 7.90. The van der Waals surface area contributed by atoms with Crippen molar-refractivity contribution in [1.29, 1.82) is 0 Å². The van der Waals surface area contributed by atoms with Gasteiger partial charge in [-0.15, -0.1) is 0 Å². The molecule has 2 heterocycles. The molecule has 1 aromatic heterocycles. The summed E-state index contributed by atoms with van der Waals surface area (Å²) in [6, 6.07) is 18.8. The van der Waals surface area contributed by atoms with Crippen LogP contribution in [-0.4, -0.2) is 37.4 Å². The molecule has 0 amide bonds. The van der Waals surface area contributed by atoms with Crippen LogP contribution in [-0.2, 0) is 26.3 Å². The molecule has 39 heavy (non-hydrogen) atoms. The molecule has 10 heteroatoms. The highest BCUT2D eigenvalue weighted by atomic mass is 32.2. The molecule has 4 aromatic rings. The van der Waals surface area contributed by atoms with Gasteiger partial charge in [-0.1, -0.05) is 42.5 Å². The monoisotopic (exact) mass is 551 g/mol. The van der Waals surface area contributed by atoms with E-state index in [0.29, 0.717) is 43.0 Å². The Morgan fingerprint density at radius 1 is 0.974 bits per heavy atom. The fraction of sp³-hybridized carbons (Fsp3) is 0.241. The van der Waals surface area contributed by atoms with Gasteiger partial charge in [-0.3, -0.25) is 4.57 Å². The first-order chi connectivity index (χ1) is 18.5. The molecular weight excluding hydrogens is 527 g/mol. The molecule has 3 aromatic carbocycles. The van der Waals surface area contributed by atoms with Crippen molar-refractivity contribution in [3.8, 4) is 28.2 Å². The summed E-state index contributed by atoms with van der Waals surface area (Å²) in [6.07, 6.45) is -1.03. The first kappa shape index (κ1) is 26.7. The third-order valence-corrected chi connectivity index (χ3v) is 8.04. The lowest BCUT2D eigenvalue weighted by Gasteiger charge is -2.24. The molecule has 0 radical (unpaired) electrons. The van der Waals surface area contributed by atoms with Crippen molar-refractivity contribution >= 4 is 9.84 Å². The molecule has 0 spiro atoms. The Labute approximate surface area is 224 Å². The summed E-state index contributed by atoms with van der Waals surface area (Å²) in [5.74, 6) is 0.0827. The zero-order valence-electron chi connectivity index (χ0n) is 20.9. The van der Waals surface area contributed by atoms with Crippen LogP contribution in [0.3, 0.4) is 0 Å². The molecule has 1 saturated heterocycles. The van der Waals surface area contributed by atoms with Crippen LogP contribution in [0.15, 0.2) is 83.9 Å². The smallest absolute Gasteiger partial charge is 0.381 e. The Kier molecular flexibility index (Phi) is 6.83. The fourth-order valence-electron chi connectivity index (χ4n) is 4.77. The lowest BCUT2D eigenvalue weighted by atomic mass is 9.88. The first-order valence-corrected chi connectivity index (χ1v) is 14.0. The van der Waals surface area contributed by atoms with Crippen molar-refractivity contribution in [2.75, 3.05) is 19.5 Å². The SMILES string of the molecule is [C-]#[N+]C1(c2cn(-c3ccc(-c4cccc(S(C)(=O)=O)c4)cc3)c(-c3ccccc3C(F)(F)F)n2)CCOCC1. The molecule has 0 aliphatic carbocycles. The zero-order chi connectivity index (χ0) is 27.8. The predicted octanol–water partition coefficient (Wildman–Crippen LogP) is 6.55. The molecule has 5 rings (SSSR count). The maximum Gasteiger partial charge on any atom is 0.417 e. The van der Waals surface area contributed by atoms with E-state index in [4.69, 9.17) is 11.3 Å². The minimum atomic E-state index is -4.60. The van der Waals surface area contributed by atoms with E-state index in [2.05, 4.69) is 9.83 Å². The van der Waals surface area contributed by atoms with E-state index in [-0.39, 0.29) is 16.3 Å². The number of ether oxygens (including phenoxy) is 1. The van der Waals surface area contributed by atoms with Gasteiger partial charge in [0.25, 0.3) is 5.54 Å². The number of nitrogens with zero attached hydrogens (tertiary/aromatic N) is 3. The summed E-state index contributed by atoms with van der Waals surface area (Å²) in [6.45, 7) is 8.63. The van der Waals surface area contributed by atoms with E-state index in [1.165, 1.54) is 24.3 Å². The average molecular weight is 552 g/mol. The van der Waals surface area contributed by atoms with Crippen LogP contribution in [0.25, 0.3) is 33.0 Å². The minimum Gasteiger partial charge on any atom is -0.381 e. The number of aromatic nitrogens is 2. The molecule has 0 unspecified atom stereocenters. The van der Waals surface area contributed by atoms with E-state index < -0.39 is 27.1 Å². The quantitative estimate of drug-likeness (QED) is 0.264. The maximum atomic E-state index is 14.0. The number of hydrogen-bond acceptors (Lipinski definition) is 4. The molecule has 0 atom stereocenters. The number of imidazole rings is 1. The van der Waals surface area contributed by atoms with Crippen LogP contribution in [0, 0.1) is 6.57 Å². The molecule has 0 saturated carbocycles. The first-order valence-electron chi connectivity index (χ1n) is 12.2. The van der Waals surface area contributed by atoms with Crippen LogP contribution >= 0.6 is 0 Å². The van der Waals surface area contributed by atoms with Gasteiger partial charge < -0.3 is 9.58 Å². The number of benzene rings is 3. The van der Waals surface area contributed by atoms with Crippen molar-refractivity contribution in [3.05, 3.63) is 102 Å². The van der Waals surface area contributed by atoms with E-state index in [9.17, 15) is 21.6 Å². The molecule has 0 bridgehead atoms. The summed E-state index contributed by atoms with van der Waals surface area (Å²) in [5, 5.41) is 0. The van der Waals surface area contributed by atoms with Crippen molar-refractivity contribution in [2.45, 2.75) is 29.5 Å². The highest BCUT2D eigenvalue weighted by Crippen LogP contribution is 2.41. The van der Waals surface area contributed by atoms with Gasteiger partial charge in [0.05, 0.1) is 36.5 Å². The molecule has 6 nitrogen and oxygen atoms in total. The Morgan fingerprint density at radius 3 is 2.31 bits per heavy atom. The largest absolute Gasteiger partial charge is 0.417 e. The molecule has 0 N–H and O–H groups in total. The number of rotatable bonds is 5. The van der Waals surface area contributed by atoms with Gasteiger partial charge in [0.2, 0.25) is 0 Å². The number of sulfone groups is 1. The number of hydrogen-bond donors (Lipinski definition) is 0. The Hall–Kier alpha value is -3.94. The molecule has 200 valence electrons. The van der Waals surface area contributed by atoms with Crippen LogP contribution in [0.2, 0.25) is 0 Å². The van der Waals surface area contributed by atoms with Gasteiger partial charge in [-0.05, 0) is 41.5 Å². The van der Waals surface area contributed by atoms with Crippen molar-refractivity contribution in [1.82, 2.24) is 9.55 Å². The third kappa shape index (κ3) is 5.20. The van der Waals surface area contributed by atoms with E-state index in [1.54, 1.807) is 53.2 Å². The lowest BCUT2D eigenvalue weighted by Crippen LogP contribution is -2.30. The maximum absolute atomic E-state index is 14.0. The summed E-state index contributed by atoms with van der Waals surface area (Å²) in [4.78, 5) is 8.70. The summed E-state index contributed by atoms with van der Waals surface area (Å²) >= 11 is 0. The molecule has 1 aliphatic rings. The van der Waals surface area contributed by atoms with E-state index in [0.717, 1.165) is 17.9 Å². The standard InChI is InChI=1S/C29H24F3N3O3S/c1-33-28(14-16-38-17-15-28)26-19-35(27(34-26)24-8-3-4-9-25(24)29(30,31)32)22-12-10-20(11-13-22)21-6-5-7-23(18-21)39(2,36)37/h3-13,18-19H,14-17H2,2H3. The topological polar surface area (TPSA) is 65.5 Å². The van der Waals surface area contributed by atoms with Crippen LogP contribution in [0.1, 0.15) is 24.1 Å². The van der Waals surface area contributed by atoms with Crippen molar-refractivity contribution < 1.29 is 26.3 Å². The second-order valence-electron chi connectivity index (χ2n) is 9.47. The van der Waals surface area contributed by atoms with E-state index in [1.807, 2.05) is 0 Å². The predicted molar refractivity (Wildman–Crippen MR) is 141 cm³/mol. The molecule has 1 fully saturated rings. The van der Waals surface area contributed by atoms with Gasteiger partial charge in [0.1, 0.15) is 11.5 Å². The summed E-state index contributed by atoms with van der Waals surface area (Å²) in [7, 11) is -3.39. The normalized spacial score (nSPS) is 15.6. The summed E-state index contributed by atoms with van der Waals surface area (Å²) in [5.41, 5.74) is 0.484. The van der Waals surface area contributed by atoms with Crippen molar-refractivity contribution in [2.24, 2.45) is 0 Å². The zero-order valence-corrected chi connectivity index (χ0v) is 21.8. The van der Waals surface area contributed by atoms with Crippen molar-refractivity contribution in [3.63, 3.8) is 0 Å². The molecule has 1 aliphatic heterocycles. The number of alkyl halides is 3. The Balaban J connectivity index is 1.65. The number of halogens is 3.